The van der Waals surface area contributed by atoms with E-state index in [1.165, 1.54) is 11.1 Å². The number of hydrogen-bond donors (Lipinski definition) is 1. The van der Waals surface area contributed by atoms with Crippen LogP contribution in [0.25, 0.3) is 0 Å². The van der Waals surface area contributed by atoms with Gasteiger partial charge in [-0.25, -0.2) is 4.98 Å². The highest BCUT2D eigenvalue weighted by Gasteiger charge is 2.21. The van der Waals surface area contributed by atoms with Crippen molar-refractivity contribution >= 4 is 11.3 Å². The van der Waals surface area contributed by atoms with E-state index in [2.05, 4.69) is 45.7 Å². The molecule has 1 N–H and O–H groups in total. The maximum Gasteiger partial charge on any atom is 0.278 e. The second-order valence-corrected chi connectivity index (χ2v) is 8.99. The zero-order chi connectivity index (χ0) is 21.8. The number of fused-ring (bicyclic) bond motifs is 1. The Kier molecular flexibility index (Phi) is 6.18. The fourth-order valence-corrected chi connectivity index (χ4v) is 4.59. The van der Waals surface area contributed by atoms with Crippen molar-refractivity contribution in [2.75, 3.05) is 6.54 Å². The second kappa shape index (κ2) is 9.54. The van der Waals surface area contributed by atoms with Crippen molar-refractivity contribution in [3.63, 3.8) is 0 Å². The number of aryl methyl sites for hydroxylation is 2. The second-order valence-electron chi connectivity index (χ2n) is 7.92. The molecular weight excluding hydrogens is 420 g/mol. The van der Waals surface area contributed by atoms with Gasteiger partial charge >= 0.3 is 0 Å². The number of ether oxygens (including phenoxy) is 2. The number of hydrogen-bond acceptors (Lipinski definition) is 6. The maximum absolute atomic E-state index is 6.23. The van der Waals surface area contributed by atoms with Crippen molar-refractivity contribution in [1.82, 2.24) is 20.1 Å². The Balaban J connectivity index is 1.14. The standard InChI is InChI=1S/C25H26N4O2S/c1-18-11-13-29(28-18)14-12-26-16-22-17-27-25(32-22)30-21-8-10-24-20(15-21)7-9-23(31-24)19-5-3-2-4-6-19/h2-6,8,10-11,13,15,17,23,26H,7,9,12,14,16H2,1H3. The van der Waals surface area contributed by atoms with Gasteiger partial charge in [-0.15, -0.1) is 0 Å². The highest BCUT2D eigenvalue weighted by atomic mass is 32.1. The van der Waals surface area contributed by atoms with E-state index in [1.54, 1.807) is 11.3 Å². The van der Waals surface area contributed by atoms with Gasteiger partial charge in [0.15, 0.2) is 0 Å². The van der Waals surface area contributed by atoms with Crippen molar-refractivity contribution in [3.8, 4) is 16.7 Å². The maximum atomic E-state index is 6.23. The molecular formula is C25H26N4O2S. The summed E-state index contributed by atoms with van der Waals surface area (Å²) in [5.74, 6) is 1.74. The Morgan fingerprint density at radius 2 is 2.09 bits per heavy atom. The molecule has 3 heterocycles. The molecule has 0 spiro atoms. The molecule has 7 heteroatoms. The number of nitrogens with zero attached hydrogens (tertiary/aromatic N) is 3. The van der Waals surface area contributed by atoms with Crippen LogP contribution in [-0.4, -0.2) is 21.3 Å². The van der Waals surface area contributed by atoms with Crippen molar-refractivity contribution in [2.45, 2.75) is 39.0 Å². The van der Waals surface area contributed by atoms with Crippen LogP contribution in [0.4, 0.5) is 0 Å². The van der Waals surface area contributed by atoms with Gasteiger partial charge in [-0.1, -0.05) is 41.7 Å². The van der Waals surface area contributed by atoms with Gasteiger partial charge in [-0.2, -0.15) is 5.10 Å². The Morgan fingerprint density at radius 1 is 1.19 bits per heavy atom. The molecule has 0 amide bonds. The molecule has 0 saturated carbocycles. The Bertz CT molecular complexity index is 1170. The van der Waals surface area contributed by atoms with Gasteiger partial charge in [0.1, 0.15) is 17.6 Å². The van der Waals surface area contributed by atoms with E-state index in [0.29, 0.717) is 5.19 Å². The van der Waals surface area contributed by atoms with Gasteiger partial charge in [-0.05, 0) is 55.2 Å². The molecule has 6 nitrogen and oxygen atoms in total. The Labute approximate surface area is 191 Å². The Hall–Kier alpha value is -3.16. The normalized spacial score (nSPS) is 15.2. The van der Waals surface area contributed by atoms with Crippen molar-refractivity contribution in [3.05, 3.63) is 88.7 Å². The summed E-state index contributed by atoms with van der Waals surface area (Å²) in [6.07, 6.45) is 5.92. The molecule has 1 aliphatic rings. The molecule has 2 aromatic carbocycles. The van der Waals surface area contributed by atoms with Crippen LogP contribution in [0, 0.1) is 6.92 Å². The first-order valence-corrected chi connectivity index (χ1v) is 11.7. The summed E-state index contributed by atoms with van der Waals surface area (Å²) in [7, 11) is 0. The number of nitrogens with one attached hydrogen (secondary N) is 1. The summed E-state index contributed by atoms with van der Waals surface area (Å²) in [4.78, 5) is 5.57. The molecule has 0 fully saturated rings. The van der Waals surface area contributed by atoms with Crippen molar-refractivity contribution < 1.29 is 9.47 Å². The van der Waals surface area contributed by atoms with Crippen LogP contribution in [0.2, 0.25) is 0 Å². The molecule has 0 saturated heterocycles. The van der Waals surface area contributed by atoms with Crippen LogP contribution >= 0.6 is 11.3 Å². The lowest BCUT2D eigenvalue weighted by atomic mass is 9.97. The molecule has 164 valence electrons. The third kappa shape index (κ3) is 5.00. The summed E-state index contributed by atoms with van der Waals surface area (Å²) in [5, 5.41) is 8.48. The predicted molar refractivity (Wildman–Crippen MR) is 125 cm³/mol. The molecule has 1 atom stereocenters. The van der Waals surface area contributed by atoms with Gasteiger partial charge < -0.3 is 14.8 Å². The van der Waals surface area contributed by atoms with E-state index in [-0.39, 0.29) is 6.10 Å². The third-order valence-corrected chi connectivity index (χ3v) is 6.35. The Morgan fingerprint density at radius 3 is 2.94 bits per heavy atom. The lowest BCUT2D eigenvalue weighted by Gasteiger charge is -2.26. The molecule has 0 aliphatic carbocycles. The fourth-order valence-electron chi connectivity index (χ4n) is 3.84. The SMILES string of the molecule is Cc1ccn(CCNCc2cnc(Oc3ccc4c(c3)CCC(c3ccccc3)O4)s2)n1. The quantitative estimate of drug-likeness (QED) is 0.372. The number of rotatable bonds is 8. The number of aromatic nitrogens is 3. The lowest BCUT2D eigenvalue weighted by Crippen LogP contribution is -2.19. The minimum atomic E-state index is 0.113. The monoisotopic (exact) mass is 446 g/mol. The molecule has 4 aromatic rings. The zero-order valence-corrected chi connectivity index (χ0v) is 18.8. The molecule has 1 unspecified atom stereocenters. The summed E-state index contributed by atoms with van der Waals surface area (Å²) >= 11 is 1.56. The van der Waals surface area contributed by atoms with Crippen LogP contribution in [0.5, 0.6) is 16.7 Å². The van der Waals surface area contributed by atoms with Crippen LogP contribution in [0.1, 0.15) is 34.2 Å². The molecule has 32 heavy (non-hydrogen) atoms. The number of thiazole rings is 1. The van der Waals surface area contributed by atoms with E-state index in [9.17, 15) is 0 Å². The van der Waals surface area contributed by atoms with E-state index >= 15 is 0 Å². The molecule has 1 aliphatic heterocycles. The van der Waals surface area contributed by atoms with Crippen LogP contribution in [0.3, 0.4) is 0 Å². The highest BCUT2D eigenvalue weighted by Crippen LogP contribution is 2.37. The van der Waals surface area contributed by atoms with E-state index in [4.69, 9.17) is 9.47 Å². The minimum Gasteiger partial charge on any atom is -0.485 e. The third-order valence-electron chi connectivity index (χ3n) is 5.48. The predicted octanol–water partition coefficient (Wildman–Crippen LogP) is 5.30. The average molecular weight is 447 g/mol. The first-order valence-electron chi connectivity index (χ1n) is 10.9. The lowest BCUT2D eigenvalue weighted by molar-refractivity contribution is 0.176. The highest BCUT2D eigenvalue weighted by molar-refractivity contribution is 7.13. The minimum absolute atomic E-state index is 0.113. The van der Waals surface area contributed by atoms with E-state index in [1.807, 2.05) is 48.3 Å². The molecule has 5 rings (SSSR count). The molecule has 0 bridgehead atoms. The van der Waals surface area contributed by atoms with Crippen molar-refractivity contribution in [2.24, 2.45) is 0 Å². The van der Waals surface area contributed by atoms with Crippen LogP contribution in [0.15, 0.2) is 67.0 Å². The smallest absolute Gasteiger partial charge is 0.278 e. The van der Waals surface area contributed by atoms with Gasteiger partial charge in [0.2, 0.25) is 0 Å². The van der Waals surface area contributed by atoms with Gasteiger partial charge in [-0.3, -0.25) is 4.68 Å². The molecule has 0 radical (unpaired) electrons. The first-order chi connectivity index (χ1) is 15.7. The summed E-state index contributed by atoms with van der Waals surface area (Å²) in [6.45, 7) is 4.46. The summed E-state index contributed by atoms with van der Waals surface area (Å²) in [6, 6.07) is 18.5. The van der Waals surface area contributed by atoms with Gasteiger partial charge in [0.25, 0.3) is 5.19 Å². The van der Waals surface area contributed by atoms with E-state index in [0.717, 1.165) is 54.5 Å². The zero-order valence-electron chi connectivity index (χ0n) is 18.0. The van der Waals surface area contributed by atoms with Gasteiger partial charge in [0, 0.05) is 30.4 Å². The summed E-state index contributed by atoms with van der Waals surface area (Å²) < 4.78 is 14.2. The van der Waals surface area contributed by atoms with Crippen molar-refractivity contribution in [1.29, 1.82) is 0 Å². The number of benzene rings is 2. The average Bonchev–Trinajstić information content (AvgIpc) is 3.45. The fraction of sp³-hybridized carbons (Fsp3) is 0.280. The van der Waals surface area contributed by atoms with Gasteiger partial charge in [0.05, 0.1) is 12.2 Å². The van der Waals surface area contributed by atoms with Crippen LogP contribution < -0.4 is 14.8 Å². The molecule has 2 aromatic heterocycles. The van der Waals surface area contributed by atoms with E-state index < -0.39 is 0 Å². The first kappa shape index (κ1) is 20.7. The topological polar surface area (TPSA) is 61.2 Å². The summed E-state index contributed by atoms with van der Waals surface area (Å²) in [5.41, 5.74) is 3.45. The largest absolute Gasteiger partial charge is 0.485 e. The van der Waals surface area contributed by atoms with Crippen LogP contribution in [-0.2, 0) is 19.5 Å².